The average Bonchev–Trinajstić information content (AvgIpc) is 4.37. The molecule has 0 atom stereocenters. The summed E-state index contributed by atoms with van der Waals surface area (Å²) in [5.41, 5.74) is 16.0. The molecule has 0 aliphatic heterocycles. The number of amides is 1. The van der Waals surface area contributed by atoms with Crippen LogP contribution in [0.1, 0.15) is 149 Å². The molecule has 85 heavy (non-hydrogen) atoms. The van der Waals surface area contributed by atoms with Crippen molar-refractivity contribution in [2.75, 3.05) is 58.6 Å². The molecule has 28 heteroatoms. The highest BCUT2D eigenvalue weighted by molar-refractivity contribution is 8.24. The number of ketones is 1. The number of carbonyl (C=O) groups excluding carboxylic acids is 4. The van der Waals surface area contributed by atoms with Gasteiger partial charge in [0.05, 0.1) is 41.3 Å². The van der Waals surface area contributed by atoms with Crippen molar-refractivity contribution in [3.05, 3.63) is 93.2 Å². The second kappa shape index (κ2) is 38.4. The van der Waals surface area contributed by atoms with Gasteiger partial charge in [-0.2, -0.15) is 0 Å². The summed E-state index contributed by atoms with van der Waals surface area (Å²) in [6.45, 7) is 10.4. The lowest BCUT2D eigenvalue weighted by molar-refractivity contribution is -0.140. The molecule has 0 radical (unpaired) electrons. The van der Waals surface area contributed by atoms with Gasteiger partial charge in [-0.05, 0) is 199 Å². The van der Waals surface area contributed by atoms with Crippen LogP contribution in [0.4, 0.5) is 10.8 Å². The predicted octanol–water partition coefficient (Wildman–Crippen LogP) is 13.8. The van der Waals surface area contributed by atoms with E-state index in [1.807, 2.05) is 32.4 Å². The van der Waals surface area contributed by atoms with Gasteiger partial charge in [0, 0.05) is 46.4 Å². The molecule has 6 N–H and O–H groups in total. The lowest BCUT2D eigenvalue weighted by atomic mass is 9.95. The minimum Gasteiger partial charge on any atom is -0.462 e. The van der Waals surface area contributed by atoms with Crippen molar-refractivity contribution in [1.82, 2.24) is 35.2 Å². The molecule has 0 bridgehead atoms. The number of aryl methyl sites for hydroxylation is 7. The normalized spacial score (nSPS) is 14.2. The molecule has 464 valence electrons. The molecule has 19 nitrogen and oxygen atoms in total. The van der Waals surface area contributed by atoms with Crippen molar-refractivity contribution in [2.24, 2.45) is 5.73 Å². The molecule has 7 aromatic rings. The Morgan fingerprint density at radius 2 is 1.09 bits per heavy atom. The van der Waals surface area contributed by atoms with E-state index >= 15 is 0 Å². The first-order valence-electron chi connectivity index (χ1n) is 28.1. The number of nitrogen functional groups attached to an aromatic ring is 1. The number of H-pyrrole nitrogens is 1. The number of esters is 2. The molecule has 7 aromatic heterocycles. The van der Waals surface area contributed by atoms with Crippen LogP contribution in [0.15, 0.2) is 23.8 Å². The van der Waals surface area contributed by atoms with E-state index in [0.717, 1.165) is 101 Å². The second-order valence-electron chi connectivity index (χ2n) is 19.6. The Bertz CT molecular complexity index is 3420. The van der Waals surface area contributed by atoms with Crippen molar-refractivity contribution in [3.63, 3.8) is 0 Å². The Kier molecular flexibility index (Phi) is 32.8. The third kappa shape index (κ3) is 23.3. The van der Waals surface area contributed by atoms with Crippen molar-refractivity contribution >= 4 is 161 Å². The number of nitrogens with one attached hydrogen (secondary N) is 2. The molecule has 0 saturated heterocycles. The van der Waals surface area contributed by atoms with Gasteiger partial charge >= 0.3 is 23.7 Å². The maximum absolute atomic E-state index is 11.7. The fraction of sp³-hybridized carbons (Fsp3) is 0.526. The van der Waals surface area contributed by atoms with Crippen LogP contribution in [0.25, 0.3) is 35.5 Å². The number of ether oxygens (including phenoxy) is 2. The number of rotatable bonds is 5. The van der Waals surface area contributed by atoms with E-state index in [9.17, 15) is 23.7 Å². The predicted molar refractivity (Wildman–Crippen MR) is 352 cm³/mol. The smallest absolute Gasteiger partial charge is 0.387 e. The summed E-state index contributed by atoms with van der Waals surface area (Å²) in [7, 11) is 7.85. The molecule has 1 fully saturated rings. The largest absolute Gasteiger partial charge is 0.462 e. The highest BCUT2D eigenvalue weighted by atomic mass is 36.0. The van der Waals surface area contributed by atoms with Crippen LogP contribution in [-0.4, -0.2) is 102 Å². The minimum atomic E-state index is -3.22. The lowest BCUT2D eigenvalue weighted by Crippen LogP contribution is -2.12. The van der Waals surface area contributed by atoms with E-state index in [2.05, 4.69) is 103 Å². The van der Waals surface area contributed by atoms with Gasteiger partial charge in [-0.3, -0.25) is 18.9 Å². The first-order valence-corrected chi connectivity index (χ1v) is 36.1. The Balaban J connectivity index is 0.000000215. The van der Waals surface area contributed by atoms with Crippen LogP contribution in [0.3, 0.4) is 0 Å². The van der Waals surface area contributed by atoms with Crippen LogP contribution in [0.5, 0.6) is 0 Å². The number of Topliss-reactive ketones (excluding diaryl/α,β-unsaturated/α-hetero) is 1. The summed E-state index contributed by atoms with van der Waals surface area (Å²) in [6.07, 6.45) is 29.2. The Labute approximate surface area is 532 Å². The van der Waals surface area contributed by atoms with Gasteiger partial charge in [-0.25, -0.2) is 41.1 Å². The first-order chi connectivity index (χ1) is 40.8. The fourth-order valence-corrected chi connectivity index (χ4v) is 14.9. The standard InChI is InChI=1S/C12H15N3S.C11H15NO2S.C10H9ClN2S.C10H10N2OS.C6H10O.C5H7NO2.C2H7N.CH3NO.Cl3OP/c1-15(2)11-10-8-5-3-4-6-9(8)16-12(10)14-7-13-11;1-2-14-11(13)9-7-5-3-4-6-8(7)15-10(9)12;11-9-8-6-3-1-2-4-7(6)14-10(8)13-5-12-9;13-9-8-6-3-1-2-4-7(6)14-10(8)12-5-11-9;7-6-4-2-1-3-5-6;1-3-8-5(7)4-6-2;1-3-2;2-1-3;1-5(2,3)4/h7H,3-6H2,1-2H3;2-6,12H2,1H3;5H,1-4H2;5H,1-4H2,(H,11,12,13);1-5H2;3-4H2,1H3;3H,1-2H3;1H,(H2,2,3);. The van der Waals surface area contributed by atoms with Gasteiger partial charge in [0.1, 0.15) is 48.9 Å². The van der Waals surface area contributed by atoms with E-state index in [4.69, 9.17) is 33.4 Å². The van der Waals surface area contributed by atoms with Gasteiger partial charge in [-0.15, -0.1) is 45.3 Å². The number of primary amides is 1. The number of aromatic amines is 1. The molecular formula is C57H76Cl4N11O8PS4. The molecule has 0 spiro atoms. The maximum Gasteiger partial charge on any atom is 0.387 e. The molecule has 0 unspecified atom stereocenters. The topological polar surface area (TPSA) is 273 Å². The number of hydrogen-bond donors (Lipinski definition) is 4. The number of thiophene rings is 4. The molecule has 7 heterocycles. The van der Waals surface area contributed by atoms with Crippen LogP contribution in [-0.2, 0) is 79.8 Å². The summed E-state index contributed by atoms with van der Waals surface area (Å²) in [6, 6.07) is 0. The van der Waals surface area contributed by atoms with Crippen molar-refractivity contribution in [2.45, 2.75) is 149 Å². The Morgan fingerprint density at radius 1 is 0.682 bits per heavy atom. The molecule has 5 aliphatic carbocycles. The summed E-state index contributed by atoms with van der Waals surface area (Å²) in [5, 5.41) is 4.02. The Morgan fingerprint density at radius 3 is 1.55 bits per heavy atom. The van der Waals surface area contributed by atoms with Gasteiger partial charge in [0.25, 0.3) is 5.56 Å². The molecule has 1 saturated carbocycles. The molecule has 0 aromatic carbocycles. The molecular weight excluding hydrogens is 1270 g/mol. The van der Waals surface area contributed by atoms with E-state index in [-0.39, 0.29) is 24.5 Å². The number of hydrogen-bond acceptors (Lipinski definition) is 20. The monoisotopic (exact) mass is 1340 g/mol. The third-order valence-electron chi connectivity index (χ3n) is 13.2. The highest BCUT2D eigenvalue weighted by Crippen LogP contribution is 2.61. The molecule has 12 rings (SSSR count). The fourth-order valence-electron chi connectivity index (χ4n) is 9.79. The van der Waals surface area contributed by atoms with E-state index in [0.29, 0.717) is 34.7 Å². The van der Waals surface area contributed by atoms with Gasteiger partial charge < -0.3 is 41.0 Å². The number of fused-ring (bicyclic) bond motifs is 10. The Hall–Kier alpha value is -4.86. The van der Waals surface area contributed by atoms with Crippen LogP contribution < -0.4 is 27.2 Å². The maximum atomic E-state index is 11.7. The van der Waals surface area contributed by atoms with Crippen molar-refractivity contribution in [3.8, 4) is 0 Å². The summed E-state index contributed by atoms with van der Waals surface area (Å²) in [5.74, 6) is 0.840. The number of halogens is 4. The number of nitrogens with zero attached hydrogens (tertiary/aromatic N) is 7. The van der Waals surface area contributed by atoms with Crippen molar-refractivity contribution < 1.29 is 33.2 Å². The zero-order valence-electron chi connectivity index (χ0n) is 48.9. The third-order valence-corrected chi connectivity index (χ3v) is 18.2. The number of carbonyl (C=O) groups is 4. The summed E-state index contributed by atoms with van der Waals surface area (Å²) in [4.78, 5) is 90.3. The molecule has 5 aliphatic rings. The summed E-state index contributed by atoms with van der Waals surface area (Å²) >= 11 is 26.8. The quantitative estimate of drug-likeness (QED) is 0.0410. The first kappa shape index (κ1) is 72.6. The highest BCUT2D eigenvalue weighted by Gasteiger charge is 2.26. The van der Waals surface area contributed by atoms with Gasteiger partial charge in [0.2, 0.25) is 6.41 Å². The number of nitrogens with two attached hydrogens (primary N) is 2. The SMILES string of the molecule is CCOC(=O)c1c(N)sc2c1CCCC2.CN(C)c1ncnc2sc3c(c12)CCCC3.CNC.Clc1ncnc2sc3c(c12)CCCC3.NC=O.O=C1CCCCC1.O=P(Cl)(Cl)Cl.O=c1[nH]cnc2sc3c(c12)CCCC3.[C-]#[N+]CC(=O)OCC. The lowest BCUT2D eigenvalue weighted by Gasteiger charge is -2.15. The van der Waals surface area contributed by atoms with E-state index < -0.39 is 11.2 Å². The van der Waals surface area contributed by atoms with Gasteiger partial charge in [-0.1, -0.05) is 18.0 Å². The van der Waals surface area contributed by atoms with Crippen molar-refractivity contribution in [1.29, 1.82) is 0 Å². The van der Waals surface area contributed by atoms with E-state index in [1.165, 1.54) is 119 Å². The van der Waals surface area contributed by atoms with Gasteiger partial charge in [0.15, 0.2) is 0 Å². The van der Waals surface area contributed by atoms with Crippen LogP contribution in [0, 0.1) is 6.57 Å². The second-order valence-corrected chi connectivity index (χ2v) is 31.0. The average molecular weight is 1340 g/mol. The number of aromatic nitrogens is 6. The minimum absolute atomic E-state index is 0.0226. The van der Waals surface area contributed by atoms with E-state index in [1.54, 1.807) is 53.6 Å². The number of anilines is 2. The zero-order chi connectivity index (χ0) is 62.5. The van der Waals surface area contributed by atoms with Crippen LogP contribution >= 0.6 is 95.9 Å². The van der Waals surface area contributed by atoms with Crippen LogP contribution in [0.2, 0.25) is 5.15 Å². The molecule has 1 amide bonds. The zero-order valence-corrected chi connectivity index (χ0v) is 56.1. The summed E-state index contributed by atoms with van der Waals surface area (Å²) < 4.78 is 19.0.